The summed E-state index contributed by atoms with van der Waals surface area (Å²) in [6.07, 6.45) is 0. The molecule has 1 aliphatic rings. The van der Waals surface area contributed by atoms with Crippen LogP contribution < -0.4 is 15.1 Å². The van der Waals surface area contributed by atoms with Crippen molar-refractivity contribution in [3.63, 3.8) is 0 Å². The predicted molar refractivity (Wildman–Crippen MR) is 128 cm³/mol. The van der Waals surface area contributed by atoms with Gasteiger partial charge in [0.1, 0.15) is 5.03 Å². The van der Waals surface area contributed by atoms with Gasteiger partial charge in [0.2, 0.25) is 5.91 Å². The number of thioether (sulfide) groups is 1. The van der Waals surface area contributed by atoms with Gasteiger partial charge in [-0.15, -0.1) is 10.2 Å². The third kappa shape index (κ3) is 5.89. The predicted octanol–water partition coefficient (Wildman–Crippen LogP) is 4.50. The zero-order chi connectivity index (χ0) is 21.6. The molecule has 1 aromatic heterocycles. The van der Waals surface area contributed by atoms with Crippen LogP contribution in [0.25, 0.3) is 0 Å². The monoisotopic (exact) mass is 453 g/mol. The van der Waals surface area contributed by atoms with Gasteiger partial charge in [-0.25, -0.2) is 0 Å². The van der Waals surface area contributed by atoms with Crippen LogP contribution in [0.5, 0.6) is 0 Å². The van der Waals surface area contributed by atoms with E-state index in [9.17, 15) is 4.79 Å². The number of carbonyl (C=O) groups is 1. The number of hydrogen-bond acceptors (Lipinski definition) is 6. The van der Waals surface area contributed by atoms with Crippen LogP contribution in [0, 0.1) is 6.92 Å². The van der Waals surface area contributed by atoms with Crippen molar-refractivity contribution in [3.05, 3.63) is 71.2 Å². The van der Waals surface area contributed by atoms with Gasteiger partial charge in [0.15, 0.2) is 5.82 Å². The second kappa shape index (κ2) is 10.0. The highest BCUT2D eigenvalue weighted by Crippen LogP contribution is 2.23. The number of halogens is 1. The minimum atomic E-state index is -0.0568. The number of anilines is 3. The first-order chi connectivity index (χ1) is 15.1. The van der Waals surface area contributed by atoms with Gasteiger partial charge in [-0.2, -0.15) is 0 Å². The molecule has 1 saturated heterocycles. The summed E-state index contributed by atoms with van der Waals surface area (Å²) >= 11 is 7.49. The molecule has 0 atom stereocenters. The summed E-state index contributed by atoms with van der Waals surface area (Å²) < 4.78 is 0. The van der Waals surface area contributed by atoms with Crippen LogP contribution in [0.15, 0.2) is 65.7 Å². The molecular formula is C23H24ClN5OS. The highest BCUT2D eigenvalue weighted by atomic mass is 35.5. The van der Waals surface area contributed by atoms with Crippen molar-refractivity contribution in [3.8, 4) is 0 Å². The molecule has 1 aliphatic heterocycles. The normalized spacial score (nSPS) is 13.9. The Hall–Kier alpha value is -2.77. The Labute approximate surface area is 191 Å². The highest BCUT2D eigenvalue weighted by molar-refractivity contribution is 7.99. The van der Waals surface area contributed by atoms with E-state index in [1.54, 1.807) is 0 Å². The van der Waals surface area contributed by atoms with E-state index in [-0.39, 0.29) is 5.91 Å². The Morgan fingerprint density at radius 1 is 1.00 bits per heavy atom. The largest absolute Gasteiger partial charge is 0.368 e. The summed E-state index contributed by atoms with van der Waals surface area (Å²) in [6, 6.07) is 19.6. The molecule has 1 N–H and O–H groups in total. The van der Waals surface area contributed by atoms with Crippen molar-refractivity contribution >= 4 is 46.5 Å². The molecule has 3 aromatic rings. The lowest BCUT2D eigenvalue weighted by atomic mass is 10.2. The fourth-order valence-corrected chi connectivity index (χ4v) is 4.28. The maximum Gasteiger partial charge on any atom is 0.234 e. The molecule has 4 rings (SSSR count). The van der Waals surface area contributed by atoms with E-state index in [4.69, 9.17) is 11.6 Å². The number of aryl methyl sites for hydroxylation is 1. The fraction of sp³-hybridized carbons (Fsp3) is 0.261. The Bertz CT molecular complexity index is 1040. The number of carbonyl (C=O) groups excluding carboxylic acids is 1. The smallest absolute Gasteiger partial charge is 0.234 e. The number of amides is 1. The number of piperazine rings is 1. The molecule has 6 nitrogen and oxygen atoms in total. The molecule has 0 bridgehead atoms. The van der Waals surface area contributed by atoms with Crippen molar-refractivity contribution in [2.24, 2.45) is 0 Å². The zero-order valence-electron chi connectivity index (χ0n) is 17.3. The Morgan fingerprint density at radius 3 is 2.48 bits per heavy atom. The van der Waals surface area contributed by atoms with E-state index in [2.05, 4.69) is 31.4 Å². The average Bonchev–Trinajstić information content (AvgIpc) is 2.78. The summed E-state index contributed by atoms with van der Waals surface area (Å²) in [5.74, 6) is 1.10. The maximum absolute atomic E-state index is 12.2. The van der Waals surface area contributed by atoms with Gasteiger partial charge >= 0.3 is 0 Å². The molecule has 1 amide bonds. The molecule has 0 unspecified atom stereocenters. The third-order valence-corrected chi connectivity index (χ3v) is 6.21. The topological polar surface area (TPSA) is 61.4 Å². The first-order valence-corrected chi connectivity index (χ1v) is 11.5. The van der Waals surface area contributed by atoms with Gasteiger partial charge in [0.05, 0.1) is 5.75 Å². The van der Waals surface area contributed by atoms with E-state index < -0.39 is 0 Å². The maximum atomic E-state index is 12.2. The van der Waals surface area contributed by atoms with Crippen LogP contribution in [0.2, 0.25) is 5.02 Å². The van der Waals surface area contributed by atoms with E-state index in [1.807, 2.05) is 61.5 Å². The van der Waals surface area contributed by atoms with Crippen molar-refractivity contribution in [1.82, 2.24) is 10.2 Å². The molecule has 0 aliphatic carbocycles. The van der Waals surface area contributed by atoms with Gasteiger partial charge in [0.25, 0.3) is 0 Å². The molecule has 2 aromatic carbocycles. The van der Waals surface area contributed by atoms with Gasteiger partial charge in [0, 0.05) is 42.6 Å². The summed E-state index contributed by atoms with van der Waals surface area (Å²) in [5, 5.41) is 13.1. The number of rotatable bonds is 6. The molecule has 2 heterocycles. The van der Waals surface area contributed by atoms with E-state index in [0.717, 1.165) is 59.0 Å². The lowest BCUT2D eigenvalue weighted by molar-refractivity contribution is -0.113. The number of hydrogen-bond donors (Lipinski definition) is 1. The van der Waals surface area contributed by atoms with Crippen LogP contribution >= 0.6 is 23.4 Å². The molecule has 1 fully saturated rings. The lowest BCUT2D eigenvalue weighted by Crippen LogP contribution is -2.46. The Balaban J connectivity index is 1.26. The second-order valence-electron chi connectivity index (χ2n) is 7.39. The number of nitrogens with zero attached hydrogens (tertiary/aromatic N) is 4. The first-order valence-electron chi connectivity index (χ1n) is 10.2. The summed E-state index contributed by atoms with van der Waals surface area (Å²) in [4.78, 5) is 16.7. The van der Waals surface area contributed by atoms with E-state index in [1.165, 1.54) is 11.8 Å². The molecule has 0 saturated carbocycles. The van der Waals surface area contributed by atoms with Crippen LogP contribution in [0.4, 0.5) is 17.2 Å². The van der Waals surface area contributed by atoms with Gasteiger partial charge in [-0.3, -0.25) is 4.79 Å². The fourth-order valence-electron chi connectivity index (χ4n) is 3.48. The SMILES string of the molecule is Cc1cccc(NC(=O)CSc2ccc(N3CCN(c4cccc(Cl)c4)CC3)nn2)c1. The number of aromatic nitrogens is 2. The molecule has 0 spiro atoms. The standard InChI is InChI=1S/C23H24ClN5OS/c1-17-4-2-6-19(14-17)25-22(30)16-31-23-9-8-21(26-27-23)29-12-10-28(11-13-29)20-7-3-5-18(24)15-20/h2-9,14-15H,10-13,16H2,1H3,(H,25,30). The van der Waals surface area contributed by atoms with Gasteiger partial charge in [-0.05, 0) is 55.0 Å². The first kappa shape index (κ1) is 21.5. The van der Waals surface area contributed by atoms with Crippen LogP contribution in [0.3, 0.4) is 0 Å². The quantitative estimate of drug-likeness (QED) is 0.554. The molecule has 31 heavy (non-hydrogen) atoms. The lowest BCUT2D eigenvalue weighted by Gasteiger charge is -2.36. The van der Waals surface area contributed by atoms with Crippen LogP contribution in [0.1, 0.15) is 5.56 Å². The zero-order valence-corrected chi connectivity index (χ0v) is 18.9. The van der Waals surface area contributed by atoms with Crippen molar-refractivity contribution in [2.45, 2.75) is 11.9 Å². The van der Waals surface area contributed by atoms with E-state index in [0.29, 0.717) is 5.75 Å². The summed E-state index contributed by atoms with van der Waals surface area (Å²) in [7, 11) is 0. The summed E-state index contributed by atoms with van der Waals surface area (Å²) in [5.41, 5.74) is 3.07. The third-order valence-electron chi connectivity index (χ3n) is 5.06. The van der Waals surface area contributed by atoms with Gasteiger partial charge in [-0.1, -0.05) is 41.6 Å². The van der Waals surface area contributed by atoms with Crippen LogP contribution in [-0.4, -0.2) is 48.0 Å². The van der Waals surface area contributed by atoms with Crippen LogP contribution in [-0.2, 0) is 4.79 Å². The molecule has 160 valence electrons. The molecular weight excluding hydrogens is 430 g/mol. The van der Waals surface area contributed by atoms with Crippen molar-refractivity contribution in [2.75, 3.05) is 47.0 Å². The minimum Gasteiger partial charge on any atom is -0.368 e. The summed E-state index contributed by atoms with van der Waals surface area (Å²) in [6.45, 7) is 5.53. The van der Waals surface area contributed by atoms with Gasteiger partial charge < -0.3 is 15.1 Å². The number of benzene rings is 2. The van der Waals surface area contributed by atoms with E-state index >= 15 is 0 Å². The number of nitrogens with one attached hydrogen (secondary N) is 1. The second-order valence-corrected chi connectivity index (χ2v) is 8.82. The molecule has 0 radical (unpaired) electrons. The Morgan fingerprint density at radius 2 is 1.77 bits per heavy atom. The Kier molecular flexibility index (Phi) is 6.94. The highest BCUT2D eigenvalue weighted by Gasteiger charge is 2.19. The average molecular weight is 454 g/mol. The molecule has 8 heteroatoms. The van der Waals surface area contributed by atoms with Crippen molar-refractivity contribution < 1.29 is 4.79 Å². The minimum absolute atomic E-state index is 0.0568. The van der Waals surface area contributed by atoms with Crippen molar-refractivity contribution in [1.29, 1.82) is 0 Å².